The zero-order valence-corrected chi connectivity index (χ0v) is 18.2. The lowest BCUT2D eigenvalue weighted by Crippen LogP contribution is -2.40. The van der Waals surface area contributed by atoms with E-state index in [-0.39, 0.29) is 17.9 Å². The normalized spacial score (nSPS) is 14.3. The molecule has 0 saturated carbocycles. The lowest BCUT2D eigenvalue weighted by molar-refractivity contribution is -0.130. The van der Waals surface area contributed by atoms with E-state index in [0.717, 1.165) is 18.4 Å². The third-order valence-corrected chi connectivity index (χ3v) is 5.48. The summed E-state index contributed by atoms with van der Waals surface area (Å²) in [7, 11) is 3.37. The second kappa shape index (κ2) is 9.65. The monoisotopic (exact) mass is 410 g/mol. The summed E-state index contributed by atoms with van der Waals surface area (Å²) in [5.74, 6) is 1.19. The quantitative estimate of drug-likeness (QED) is 0.729. The average Bonchev–Trinajstić information content (AvgIpc) is 2.75. The zero-order chi connectivity index (χ0) is 21.7. The largest absolute Gasteiger partial charge is 0.493 e. The van der Waals surface area contributed by atoms with Crippen LogP contribution in [0.1, 0.15) is 41.3 Å². The lowest BCUT2D eigenvalue weighted by Gasteiger charge is -2.31. The molecule has 0 aliphatic carbocycles. The van der Waals surface area contributed by atoms with Crippen LogP contribution in [-0.2, 0) is 11.3 Å². The van der Waals surface area contributed by atoms with E-state index in [0.29, 0.717) is 36.7 Å². The molecule has 160 valence electrons. The summed E-state index contributed by atoms with van der Waals surface area (Å²) in [6, 6.07) is 13.5. The zero-order valence-electron chi connectivity index (χ0n) is 18.2. The number of rotatable bonds is 6. The molecule has 1 aliphatic heterocycles. The third kappa shape index (κ3) is 5.32. The minimum absolute atomic E-state index is 0.0280. The van der Waals surface area contributed by atoms with Gasteiger partial charge in [0.05, 0.1) is 7.11 Å². The van der Waals surface area contributed by atoms with E-state index < -0.39 is 0 Å². The van der Waals surface area contributed by atoms with E-state index in [9.17, 15) is 9.59 Å². The Labute approximate surface area is 178 Å². The molecule has 0 aromatic heterocycles. The van der Waals surface area contributed by atoms with Crippen LogP contribution in [0.5, 0.6) is 11.5 Å². The third-order valence-electron chi connectivity index (χ3n) is 5.48. The van der Waals surface area contributed by atoms with Crippen LogP contribution in [0, 0.1) is 6.92 Å². The smallest absolute Gasteiger partial charge is 0.254 e. The fourth-order valence-electron chi connectivity index (χ4n) is 3.63. The van der Waals surface area contributed by atoms with Crippen LogP contribution in [-0.4, -0.2) is 55.0 Å². The van der Waals surface area contributed by atoms with Gasteiger partial charge in [-0.2, -0.15) is 0 Å². The van der Waals surface area contributed by atoms with E-state index in [1.807, 2.05) is 36.1 Å². The Kier molecular flexibility index (Phi) is 6.98. The summed E-state index contributed by atoms with van der Waals surface area (Å²) < 4.78 is 11.6. The highest BCUT2D eigenvalue weighted by Crippen LogP contribution is 2.31. The highest BCUT2D eigenvalue weighted by atomic mass is 16.5. The van der Waals surface area contributed by atoms with Crippen molar-refractivity contribution >= 4 is 11.8 Å². The first-order valence-electron chi connectivity index (χ1n) is 10.3. The number of aryl methyl sites for hydroxylation is 1. The Morgan fingerprint density at radius 3 is 2.33 bits per heavy atom. The number of likely N-dealkylation sites (tertiary alicyclic amines) is 1. The topological polar surface area (TPSA) is 59.1 Å². The van der Waals surface area contributed by atoms with E-state index in [1.54, 1.807) is 44.2 Å². The van der Waals surface area contributed by atoms with E-state index in [4.69, 9.17) is 9.47 Å². The molecular formula is C24H30N2O4. The van der Waals surface area contributed by atoms with Crippen LogP contribution in [0.15, 0.2) is 42.5 Å². The molecule has 0 spiro atoms. The molecule has 1 aliphatic rings. The summed E-state index contributed by atoms with van der Waals surface area (Å²) in [5, 5.41) is 0. The molecule has 6 nitrogen and oxygen atoms in total. The maximum atomic E-state index is 12.9. The first-order chi connectivity index (χ1) is 14.4. The summed E-state index contributed by atoms with van der Waals surface area (Å²) in [5.41, 5.74) is 2.83. The van der Waals surface area contributed by atoms with Gasteiger partial charge in [0.1, 0.15) is 6.10 Å². The Hall–Kier alpha value is -3.02. The van der Waals surface area contributed by atoms with Gasteiger partial charge >= 0.3 is 0 Å². The van der Waals surface area contributed by atoms with Crippen LogP contribution in [0.4, 0.5) is 0 Å². The SMILES string of the molecule is COc1cc(C(=O)N(C)Cc2ccc(C)cc2)ccc1OC1CCN(C(C)=O)CC1. The molecule has 2 aromatic carbocycles. The van der Waals surface area contributed by atoms with Crippen LogP contribution < -0.4 is 9.47 Å². The van der Waals surface area contributed by atoms with E-state index >= 15 is 0 Å². The Bertz CT molecular complexity index is 887. The summed E-state index contributed by atoms with van der Waals surface area (Å²) in [6.45, 7) is 5.57. The first kappa shape index (κ1) is 21.7. The number of hydrogen-bond acceptors (Lipinski definition) is 4. The molecule has 3 rings (SSSR count). The van der Waals surface area contributed by atoms with Gasteiger partial charge < -0.3 is 19.3 Å². The molecule has 1 saturated heterocycles. The predicted molar refractivity (Wildman–Crippen MR) is 116 cm³/mol. The molecule has 0 unspecified atom stereocenters. The minimum Gasteiger partial charge on any atom is -0.493 e. The average molecular weight is 411 g/mol. The standard InChI is InChI=1S/C24H30N2O4/c1-17-5-7-19(8-6-17)16-25(3)24(28)20-9-10-22(23(15-20)29-4)30-21-11-13-26(14-12-21)18(2)27/h5-10,15,21H,11-14,16H2,1-4H3. The van der Waals surface area contributed by atoms with Crippen molar-refractivity contribution in [3.05, 3.63) is 59.2 Å². The van der Waals surface area contributed by atoms with Crippen molar-refractivity contribution < 1.29 is 19.1 Å². The molecule has 6 heteroatoms. The van der Waals surface area contributed by atoms with E-state index in [2.05, 4.69) is 0 Å². The Morgan fingerprint density at radius 2 is 1.73 bits per heavy atom. The van der Waals surface area contributed by atoms with Crippen molar-refractivity contribution in [1.82, 2.24) is 9.80 Å². The molecule has 0 atom stereocenters. The molecular weight excluding hydrogens is 380 g/mol. The number of carbonyl (C=O) groups is 2. The van der Waals surface area contributed by atoms with Crippen molar-refractivity contribution in [2.24, 2.45) is 0 Å². The number of piperidine rings is 1. The lowest BCUT2D eigenvalue weighted by atomic mass is 10.1. The fourth-order valence-corrected chi connectivity index (χ4v) is 3.63. The van der Waals surface area contributed by atoms with Gasteiger partial charge in [-0.15, -0.1) is 0 Å². The van der Waals surface area contributed by atoms with Gasteiger partial charge in [0, 0.05) is 52.0 Å². The number of methoxy groups -OCH3 is 1. The summed E-state index contributed by atoms with van der Waals surface area (Å²) in [4.78, 5) is 27.9. The first-order valence-corrected chi connectivity index (χ1v) is 10.3. The number of benzene rings is 2. The molecule has 1 heterocycles. The predicted octanol–water partition coefficient (Wildman–Crippen LogP) is 3.67. The van der Waals surface area contributed by atoms with Crippen LogP contribution in [0.2, 0.25) is 0 Å². The molecule has 30 heavy (non-hydrogen) atoms. The molecule has 0 bridgehead atoms. The van der Waals surface area contributed by atoms with E-state index in [1.165, 1.54) is 5.56 Å². The second-order valence-electron chi connectivity index (χ2n) is 7.84. The number of amides is 2. The van der Waals surface area contributed by atoms with Crippen LogP contribution >= 0.6 is 0 Å². The van der Waals surface area contributed by atoms with Crippen molar-refractivity contribution in [3.63, 3.8) is 0 Å². The van der Waals surface area contributed by atoms with Gasteiger partial charge in [-0.1, -0.05) is 29.8 Å². The summed E-state index contributed by atoms with van der Waals surface area (Å²) >= 11 is 0. The molecule has 1 fully saturated rings. The van der Waals surface area contributed by atoms with Gasteiger partial charge in [0.2, 0.25) is 5.91 Å². The number of carbonyl (C=O) groups excluding carboxylic acids is 2. The summed E-state index contributed by atoms with van der Waals surface area (Å²) in [6.07, 6.45) is 1.59. The van der Waals surface area contributed by atoms with Crippen molar-refractivity contribution in [2.45, 2.75) is 39.3 Å². The number of ether oxygens (including phenoxy) is 2. The second-order valence-corrected chi connectivity index (χ2v) is 7.84. The Morgan fingerprint density at radius 1 is 1.07 bits per heavy atom. The highest BCUT2D eigenvalue weighted by Gasteiger charge is 2.23. The van der Waals surface area contributed by atoms with Gasteiger partial charge in [0.25, 0.3) is 5.91 Å². The van der Waals surface area contributed by atoms with Crippen LogP contribution in [0.3, 0.4) is 0 Å². The molecule has 0 radical (unpaired) electrons. The van der Waals surface area contributed by atoms with Crippen molar-refractivity contribution in [2.75, 3.05) is 27.2 Å². The number of nitrogens with zero attached hydrogens (tertiary/aromatic N) is 2. The van der Waals surface area contributed by atoms with Gasteiger partial charge in [-0.3, -0.25) is 9.59 Å². The Balaban J connectivity index is 1.65. The van der Waals surface area contributed by atoms with Gasteiger partial charge in [-0.25, -0.2) is 0 Å². The van der Waals surface area contributed by atoms with Crippen molar-refractivity contribution in [1.29, 1.82) is 0 Å². The molecule has 2 amide bonds. The molecule has 0 N–H and O–H groups in total. The fraction of sp³-hybridized carbons (Fsp3) is 0.417. The van der Waals surface area contributed by atoms with Gasteiger partial charge in [-0.05, 0) is 30.7 Å². The number of hydrogen-bond donors (Lipinski definition) is 0. The maximum Gasteiger partial charge on any atom is 0.254 e. The maximum absolute atomic E-state index is 12.9. The minimum atomic E-state index is -0.0739. The highest BCUT2D eigenvalue weighted by molar-refractivity contribution is 5.94. The van der Waals surface area contributed by atoms with Gasteiger partial charge in [0.15, 0.2) is 11.5 Å². The van der Waals surface area contributed by atoms with Crippen LogP contribution in [0.25, 0.3) is 0 Å². The van der Waals surface area contributed by atoms with Crippen molar-refractivity contribution in [3.8, 4) is 11.5 Å². The molecule has 2 aromatic rings.